The van der Waals surface area contributed by atoms with E-state index in [-0.39, 0.29) is 34.5 Å². The molecule has 0 spiro atoms. The van der Waals surface area contributed by atoms with Gasteiger partial charge in [-0.15, -0.1) is 0 Å². The van der Waals surface area contributed by atoms with Gasteiger partial charge < -0.3 is 14.1 Å². The van der Waals surface area contributed by atoms with Crippen LogP contribution in [0.15, 0.2) is 67.0 Å². The average molecular weight is 523 g/mol. The zero-order valence-electron chi connectivity index (χ0n) is 18.0. The zero-order valence-corrected chi connectivity index (χ0v) is 20.4. The summed E-state index contributed by atoms with van der Waals surface area (Å²) in [4.78, 5) is 26.9. The van der Waals surface area contributed by atoms with E-state index in [1.54, 1.807) is 31.2 Å². The van der Waals surface area contributed by atoms with Gasteiger partial charge in [-0.1, -0.05) is 15.9 Å². The summed E-state index contributed by atoms with van der Waals surface area (Å²) in [5.74, 6) is -0.277. The highest BCUT2D eigenvalue weighted by molar-refractivity contribution is 9.10. The molecule has 1 aromatic carbocycles. The number of methoxy groups -OCH3 is 1. The van der Waals surface area contributed by atoms with Crippen molar-refractivity contribution in [2.45, 2.75) is 38.3 Å². The van der Waals surface area contributed by atoms with Crippen LogP contribution >= 0.6 is 15.9 Å². The zero-order chi connectivity index (χ0) is 23.6. The first kappa shape index (κ1) is 24.0. The van der Waals surface area contributed by atoms with Crippen LogP contribution < -0.4 is 4.72 Å². The maximum Gasteiger partial charge on any atom is 0.340 e. The lowest BCUT2D eigenvalue weighted by Gasteiger charge is -2.22. The molecule has 0 bridgehead atoms. The topological polar surface area (TPSA) is 106 Å². The van der Waals surface area contributed by atoms with Gasteiger partial charge in [0, 0.05) is 16.2 Å². The number of nitrogens with one attached hydrogen (secondary N) is 1. The summed E-state index contributed by atoms with van der Waals surface area (Å²) >= 11 is 3.27. The number of allylic oxidation sites excluding steroid dienone is 1. The lowest BCUT2D eigenvalue weighted by molar-refractivity contribution is -0.136. The van der Waals surface area contributed by atoms with Crippen LogP contribution in [-0.2, 0) is 30.9 Å². The number of sulfonamides is 1. The molecule has 0 saturated carbocycles. The molecular formula is C22H23BrN2O6S. The van der Waals surface area contributed by atoms with Crippen LogP contribution in [0.5, 0.6) is 0 Å². The van der Waals surface area contributed by atoms with Crippen molar-refractivity contribution in [1.82, 2.24) is 9.62 Å². The summed E-state index contributed by atoms with van der Waals surface area (Å²) < 4.78 is 38.7. The van der Waals surface area contributed by atoms with E-state index in [0.717, 1.165) is 4.47 Å². The van der Waals surface area contributed by atoms with E-state index in [0.29, 0.717) is 17.2 Å². The maximum absolute atomic E-state index is 12.9. The molecule has 0 atom stereocenters. The Morgan fingerprint density at radius 1 is 1.22 bits per heavy atom. The van der Waals surface area contributed by atoms with Gasteiger partial charge in [0.1, 0.15) is 11.5 Å². The molecule has 8 nitrogen and oxygen atoms in total. The highest BCUT2D eigenvalue weighted by Gasteiger charge is 2.38. The predicted octanol–water partition coefficient (Wildman–Crippen LogP) is 3.60. The number of hydrogen-bond acceptors (Lipinski definition) is 6. The summed E-state index contributed by atoms with van der Waals surface area (Å²) in [6, 6.07) is 9.31. The molecule has 0 aliphatic carbocycles. The van der Waals surface area contributed by atoms with E-state index in [1.165, 1.54) is 30.2 Å². The van der Waals surface area contributed by atoms with Crippen molar-refractivity contribution in [3.63, 3.8) is 0 Å². The van der Waals surface area contributed by atoms with Crippen molar-refractivity contribution in [1.29, 1.82) is 0 Å². The van der Waals surface area contributed by atoms with Gasteiger partial charge in [0.15, 0.2) is 0 Å². The van der Waals surface area contributed by atoms with E-state index >= 15 is 0 Å². The van der Waals surface area contributed by atoms with Gasteiger partial charge in [0.25, 0.3) is 5.91 Å². The smallest absolute Gasteiger partial charge is 0.340 e. The van der Waals surface area contributed by atoms with Gasteiger partial charge in [-0.05, 0) is 63.2 Å². The Kier molecular flexibility index (Phi) is 7.06. The van der Waals surface area contributed by atoms with Gasteiger partial charge in [-0.2, -0.15) is 0 Å². The summed E-state index contributed by atoms with van der Waals surface area (Å²) in [6.07, 6.45) is 1.47. The molecule has 0 radical (unpaired) electrons. The molecule has 0 fully saturated rings. The van der Waals surface area contributed by atoms with Gasteiger partial charge in [-0.25, -0.2) is 17.9 Å². The Balaban J connectivity index is 1.82. The van der Waals surface area contributed by atoms with Crippen molar-refractivity contribution in [2.75, 3.05) is 7.11 Å². The number of halogens is 1. The fraction of sp³-hybridized carbons (Fsp3) is 0.273. The van der Waals surface area contributed by atoms with Crippen LogP contribution in [0.2, 0.25) is 0 Å². The van der Waals surface area contributed by atoms with Crippen molar-refractivity contribution in [2.24, 2.45) is 0 Å². The lowest BCUT2D eigenvalue weighted by atomic mass is 10.1. The molecule has 1 aliphatic rings. The third kappa shape index (κ3) is 4.87. The SMILES string of the molecule is COC(=O)C1=C(C)N(C(C)C)C(=O)/C1=C/c1ccc(CNS(=O)(=O)c2ccc(Br)cc2)o1. The molecule has 2 heterocycles. The van der Waals surface area contributed by atoms with Crippen LogP contribution in [0.1, 0.15) is 32.3 Å². The molecule has 170 valence electrons. The fourth-order valence-corrected chi connectivity index (χ4v) is 4.65. The number of amides is 1. The first-order valence-corrected chi connectivity index (χ1v) is 12.0. The van der Waals surface area contributed by atoms with Gasteiger partial charge >= 0.3 is 5.97 Å². The number of furan rings is 1. The van der Waals surface area contributed by atoms with Crippen LogP contribution in [0.4, 0.5) is 0 Å². The Morgan fingerprint density at radius 2 is 1.88 bits per heavy atom. The second-order valence-corrected chi connectivity index (χ2v) is 10.0. The van der Waals surface area contributed by atoms with Crippen molar-refractivity contribution < 1.29 is 27.2 Å². The fourth-order valence-electron chi connectivity index (χ4n) is 3.39. The van der Waals surface area contributed by atoms with Crippen molar-refractivity contribution in [3.8, 4) is 0 Å². The predicted molar refractivity (Wildman–Crippen MR) is 122 cm³/mol. The highest BCUT2D eigenvalue weighted by atomic mass is 79.9. The van der Waals surface area contributed by atoms with E-state index in [2.05, 4.69) is 20.7 Å². The summed E-state index contributed by atoms with van der Waals surface area (Å²) in [5, 5.41) is 0. The minimum Gasteiger partial charge on any atom is -0.465 e. The van der Waals surface area contributed by atoms with Gasteiger partial charge in [0.2, 0.25) is 10.0 Å². The Hall–Kier alpha value is -2.69. The molecule has 0 saturated heterocycles. The lowest BCUT2D eigenvalue weighted by Crippen LogP contribution is -2.31. The minimum atomic E-state index is -3.72. The van der Waals surface area contributed by atoms with Gasteiger partial charge in [0.05, 0.1) is 29.7 Å². The summed E-state index contributed by atoms with van der Waals surface area (Å²) in [6.45, 7) is 5.31. The second kappa shape index (κ2) is 9.43. The number of carbonyl (C=O) groups excluding carboxylic acids is 2. The molecule has 1 aliphatic heterocycles. The average Bonchev–Trinajstić information content (AvgIpc) is 3.28. The molecule has 2 aromatic rings. The summed E-state index contributed by atoms with van der Waals surface area (Å²) in [5.41, 5.74) is 0.858. The highest BCUT2D eigenvalue weighted by Crippen LogP contribution is 2.33. The van der Waals surface area contributed by atoms with Crippen LogP contribution in [-0.4, -0.2) is 38.3 Å². The quantitative estimate of drug-likeness (QED) is 0.439. The number of benzene rings is 1. The number of nitrogens with zero attached hydrogens (tertiary/aromatic N) is 1. The molecule has 1 amide bonds. The molecule has 1 N–H and O–H groups in total. The minimum absolute atomic E-state index is 0.0770. The molecular weight excluding hydrogens is 500 g/mol. The Labute approximate surface area is 195 Å². The second-order valence-electron chi connectivity index (χ2n) is 7.36. The molecule has 0 unspecified atom stereocenters. The normalized spacial score (nSPS) is 15.9. The van der Waals surface area contributed by atoms with Crippen LogP contribution in [0, 0.1) is 0 Å². The molecule has 1 aromatic heterocycles. The standard InChI is InChI=1S/C22H23BrN2O6S/c1-13(2)25-14(3)20(22(27)30-4)19(21(25)26)11-16-7-8-17(31-16)12-24-32(28,29)18-9-5-15(23)6-10-18/h5-11,13,24H,12H2,1-4H3/b19-11+. The van der Waals surface area contributed by atoms with Crippen LogP contribution in [0.25, 0.3) is 6.08 Å². The Morgan fingerprint density at radius 3 is 2.47 bits per heavy atom. The van der Waals surface area contributed by atoms with Gasteiger partial charge in [-0.3, -0.25) is 4.79 Å². The maximum atomic E-state index is 12.9. The molecule has 10 heteroatoms. The number of hydrogen-bond donors (Lipinski definition) is 1. The number of rotatable bonds is 7. The monoisotopic (exact) mass is 522 g/mol. The third-order valence-electron chi connectivity index (χ3n) is 4.88. The van der Waals surface area contributed by atoms with E-state index in [1.807, 2.05) is 13.8 Å². The largest absolute Gasteiger partial charge is 0.465 e. The number of esters is 1. The third-order valence-corrected chi connectivity index (χ3v) is 6.82. The van der Waals surface area contributed by atoms with E-state index in [4.69, 9.17) is 9.15 Å². The van der Waals surface area contributed by atoms with Crippen LogP contribution in [0.3, 0.4) is 0 Å². The summed E-state index contributed by atoms with van der Waals surface area (Å²) in [7, 11) is -2.47. The van der Waals surface area contributed by atoms with Crippen molar-refractivity contribution in [3.05, 3.63) is 69.2 Å². The van der Waals surface area contributed by atoms with E-state index in [9.17, 15) is 18.0 Å². The van der Waals surface area contributed by atoms with E-state index < -0.39 is 16.0 Å². The van der Waals surface area contributed by atoms with Crippen molar-refractivity contribution >= 4 is 43.9 Å². The first-order chi connectivity index (χ1) is 15.0. The number of carbonyl (C=O) groups is 2. The Bertz CT molecular complexity index is 1210. The number of ether oxygens (including phenoxy) is 1. The molecule has 3 rings (SSSR count). The first-order valence-electron chi connectivity index (χ1n) is 9.74. The molecule has 32 heavy (non-hydrogen) atoms.